The summed E-state index contributed by atoms with van der Waals surface area (Å²) in [4.78, 5) is 0.404. The summed E-state index contributed by atoms with van der Waals surface area (Å²) in [5.74, 6) is 0.154. The highest BCUT2D eigenvalue weighted by Gasteiger charge is 2.13. The highest BCUT2D eigenvalue weighted by Crippen LogP contribution is 2.09. The predicted octanol–water partition coefficient (Wildman–Crippen LogP) is 1.85. The van der Waals surface area contributed by atoms with Gasteiger partial charge in [0, 0.05) is 12.6 Å². The van der Waals surface area contributed by atoms with Crippen LogP contribution in [0.15, 0.2) is 35.2 Å². The van der Waals surface area contributed by atoms with Crippen molar-refractivity contribution < 1.29 is 8.42 Å². The Kier molecular flexibility index (Phi) is 4.96. The van der Waals surface area contributed by atoms with E-state index in [9.17, 15) is 8.42 Å². The lowest BCUT2D eigenvalue weighted by Crippen LogP contribution is -2.30. The van der Waals surface area contributed by atoms with Crippen LogP contribution in [-0.2, 0) is 9.84 Å². The maximum atomic E-state index is 11.9. The molecule has 0 unspecified atom stereocenters. The fourth-order valence-electron chi connectivity index (χ4n) is 1.33. The first-order valence-electron chi connectivity index (χ1n) is 5.57. The molecule has 0 amide bonds. The molecule has 1 aromatic carbocycles. The largest absolute Gasteiger partial charge is 0.313 e. The minimum absolute atomic E-state index is 0.154. The molecule has 0 saturated carbocycles. The zero-order chi connectivity index (χ0) is 12.0. The second-order valence-corrected chi connectivity index (χ2v) is 6.00. The van der Waals surface area contributed by atoms with Gasteiger partial charge in [-0.1, -0.05) is 25.1 Å². The Balaban J connectivity index is 2.54. The van der Waals surface area contributed by atoms with Crippen LogP contribution in [0.1, 0.15) is 20.3 Å². The van der Waals surface area contributed by atoms with E-state index < -0.39 is 9.84 Å². The molecule has 16 heavy (non-hydrogen) atoms. The lowest BCUT2D eigenvalue weighted by Gasteiger charge is -2.11. The molecule has 0 radical (unpaired) electrons. The number of nitrogens with one attached hydrogen (secondary N) is 1. The maximum Gasteiger partial charge on any atom is 0.179 e. The number of rotatable bonds is 6. The Hall–Kier alpha value is -0.870. The molecule has 1 rings (SSSR count). The van der Waals surface area contributed by atoms with E-state index in [0.29, 0.717) is 17.5 Å². The van der Waals surface area contributed by atoms with Gasteiger partial charge in [-0.05, 0) is 25.5 Å². The van der Waals surface area contributed by atoms with Crippen LogP contribution in [0.2, 0.25) is 0 Å². The third-order valence-electron chi connectivity index (χ3n) is 2.58. The first-order chi connectivity index (χ1) is 7.56. The van der Waals surface area contributed by atoms with E-state index in [0.717, 1.165) is 6.42 Å². The Labute approximate surface area is 97.8 Å². The monoisotopic (exact) mass is 241 g/mol. The summed E-state index contributed by atoms with van der Waals surface area (Å²) in [5.41, 5.74) is 0. The highest BCUT2D eigenvalue weighted by atomic mass is 32.2. The summed E-state index contributed by atoms with van der Waals surface area (Å²) in [6.07, 6.45) is 1.01. The molecule has 0 fully saturated rings. The summed E-state index contributed by atoms with van der Waals surface area (Å²) < 4.78 is 23.7. The number of hydrogen-bond donors (Lipinski definition) is 1. The van der Waals surface area contributed by atoms with Crippen molar-refractivity contribution in [1.29, 1.82) is 0 Å². The van der Waals surface area contributed by atoms with Gasteiger partial charge in [0.25, 0.3) is 0 Å². The van der Waals surface area contributed by atoms with E-state index in [1.165, 1.54) is 0 Å². The van der Waals surface area contributed by atoms with Gasteiger partial charge < -0.3 is 5.32 Å². The van der Waals surface area contributed by atoms with Crippen molar-refractivity contribution in [2.24, 2.45) is 0 Å². The molecule has 1 atom stereocenters. The van der Waals surface area contributed by atoms with Crippen molar-refractivity contribution in [3.63, 3.8) is 0 Å². The van der Waals surface area contributed by atoms with Crippen LogP contribution in [0.3, 0.4) is 0 Å². The summed E-state index contributed by atoms with van der Waals surface area (Å²) >= 11 is 0. The van der Waals surface area contributed by atoms with E-state index in [1.807, 2.05) is 6.07 Å². The first-order valence-corrected chi connectivity index (χ1v) is 7.22. The molecular weight excluding hydrogens is 222 g/mol. The van der Waals surface area contributed by atoms with Crippen molar-refractivity contribution in [2.75, 3.05) is 12.3 Å². The molecule has 4 heteroatoms. The standard InChI is InChI=1S/C12H19NO2S/c1-3-11(2)13-9-10-16(14,15)12-7-5-4-6-8-12/h4-8,11,13H,3,9-10H2,1-2H3/t11-/m0/s1. The van der Waals surface area contributed by atoms with Gasteiger partial charge >= 0.3 is 0 Å². The van der Waals surface area contributed by atoms with E-state index >= 15 is 0 Å². The third kappa shape index (κ3) is 3.94. The van der Waals surface area contributed by atoms with Gasteiger partial charge in [0.05, 0.1) is 10.6 Å². The van der Waals surface area contributed by atoms with Crippen LogP contribution < -0.4 is 5.32 Å². The van der Waals surface area contributed by atoms with Gasteiger partial charge in [-0.3, -0.25) is 0 Å². The molecule has 1 aromatic rings. The molecule has 0 aliphatic heterocycles. The van der Waals surface area contributed by atoms with E-state index in [2.05, 4.69) is 19.2 Å². The fraction of sp³-hybridized carbons (Fsp3) is 0.500. The molecule has 0 aliphatic carbocycles. The smallest absolute Gasteiger partial charge is 0.179 e. The summed E-state index contributed by atoms with van der Waals surface area (Å²) in [6.45, 7) is 4.63. The van der Waals surface area contributed by atoms with Crippen molar-refractivity contribution in [3.05, 3.63) is 30.3 Å². The Morgan fingerprint density at radius 2 is 1.88 bits per heavy atom. The topological polar surface area (TPSA) is 46.2 Å². The van der Waals surface area contributed by atoms with Crippen molar-refractivity contribution in [2.45, 2.75) is 31.2 Å². The second kappa shape index (κ2) is 6.01. The van der Waals surface area contributed by atoms with E-state index in [1.54, 1.807) is 24.3 Å². The van der Waals surface area contributed by atoms with Crippen molar-refractivity contribution >= 4 is 9.84 Å². The quantitative estimate of drug-likeness (QED) is 0.826. The van der Waals surface area contributed by atoms with Gasteiger partial charge in [-0.25, -0.2) is 8.42 Å². The van der Waals surface area contributed by atoms with Crippen LogP contribution in [0, 0.1) is 0 Å². The zero-order valence-corrected chi connectivity index (χ0v) is 10.6. The molecule has 90 valence electrons. The summed E-state index contributed by atoms with van der Waals surface area (Å²) in [5, 5.41) is 3.18. The first kappa shape index (κ1) is 13.2. The molecule has 0 bridgehead atoms. The normalized spacial score (nSPS) is 13.6. The lowest BCUT2D eigenvalue weighted by molar-refractivity contribution is 0.544. The number of sulfone groups is 1. The average Bonchev–Trinajstić information content (AvgIpc) is 2.30. The molecule has 0 aromatic heterocycles. The molecule has 3 nitrogen and oxygen atoms in total. The fourth-order valence-corrected chi connectivity index (χ4v) is 2.52. The predicted molar refractivity (Wildman–Crippen MR) is 66.3 cm³/mol. The minimum atomic E-state index is -3.13. The zero-order valence-electron chi connectivity index (χ0n) is 9.81. The van der Waals surface area contributed by atoms with Crippen LogP contribution in [0.4, 0.5) is 0 Å². The van der Waals surface area contributed by atoms with Crippen LogP contribution >= 0.6 is 0 Å². The molecule has 0 spiro atoms. The maximum absolute atomic E-state index is 11.9. The molecule has 0 heterocycles. The van der Waals surface area contributed by atoms with Crippen molar-refractivity contribution in [3.8, 4) is 0 Å². The molecular formula is C12H19NO2S. The summed E-state index contributed by atoms with van der Waals surface area (Å²) in [7, 11) is -3.13. The molecule has 1 N–H and O–H groups in total. The van der Waals surface area contributed by atoms with Gasteiger partial charge in [-0.2, -0.15) is 0 Å². The van der Waals surface area contributed by atoms with Gasteiger partial charge in [-0.15, -0.1) is 0 Å². The summed E-state index contributed by atoms with van der Waals surface area (Å²) in [6, 6.07) is 8.95. The van der Waals surface area contributed by atoms with Gasteiger partial charge in [0.15, 0.2) is 9.84 Å². The lowest BCUT2D eigenvalue weighted by atomic mass is 10.3. The van der Waals surface area contributed by atoms with Crippen LogP contribution in [-0.4, -0.2) is 26.8 Å². The number of benzene rings is 1. The van der Waals surface area contributed by atoms with E-state index in [4.69, 9.17) is 0 Å². The molecule has 0 aliphatic rings. The Morgan fingerprint density at radius 1 is 1.25 bits per heavy atom. The van der Waals surface area contributed by atoms with Crippen molar-refractivity contribution in [1.82, 2.24) is 5.32 Å². The minimum Gasteiger partial charge on any atom is -0.313 e. The Morgan fingerprint density at radius 3 is 2.44 bits per heavy atom. The van der Waals surface area contributed by atoms with Gasteiger partial charge in [0.2, 0.25) is 0 Å². The third-order valence-corrected chi connectivity index (χ3v) is 4.31. The van der Waals surface area contributed by atoms with E-state index in [-0.39, 0.29) is 5.75 Å². The second-order valence-electron chi connectivity index (χ2n) is 3.90. The number of hydrogen-bond acceptors (Lipinski definition) is 3. The van der Waals surface area contributed by atoms with Crippen LogP contribution in [0.25, 0.3) is 0 Å². The van der Waals surface area contributed by atoms with Crippen LogP contribution in [0.5, 0.6) is 0 Å². The average molecular weight is 241 g/mol. The SMILES string of the molecule is CC[C@H](C)NCCS(=O)(=O)c1ccccc1. The Bertz CT molecular complexity index is 400. The highest BCUT2D eigenvalue weighted by molar-refractivity contribution is 7.91. The van der Waals surface area contributed by atoms with Gasteiger partial charge in [0.1, 0.15) is 0 Å². The molecule has 0 saturated heterocycles.